The van der Waals surface area contributed by atoms with Gasteiger partial charge in [0.15, 0.2) is 0 Å². The lowest BCUT2D eigenvalue weighted by molar-refractivity contribution is 0.100. The second-order valence-corrected chi connectivity index (χ2v) is 7.90. The van der Waals surface area contributed by atoms with Crippen molar-refractivity contribution < 1.29 is 18.4 Å². The first-order chi connectivity index (χ1) is 15.7. The summed E-state index contributed by atoms with van der Waals surface area (Å²) in [5.74, 6) is -0.702. The Bertz CT molecular complexity index is 1370. The molecular weight excluding hydrogens is 452 g/mol. The number of thiophene rings is 1. The van der Waals surface area contributed by atoms with Crippen LogP contribution in [0.3, 0.4) is 0 Å². The van der Waals surface area contributed by atoms with Gasteiger partial charge in [-0.1, -0.05) is 24.3 Å². The lowest BCUT2D eigenvalue weighted by atomic mass is 10.1. The number of halogens is 2. The maximum atomic E-state index is 12.7. The smallest absolute Gasteiger partial charge is 0.323 e. The molecule has 0 saturated carbocycles. The Balaban J connectivity index is 1.61. The number of carbonyl (C=O) groups is 2. The summed E-state index contributed by atoms with van der Waals surface area (Å²) in [5, 5.41) is 5.67. The third-order valence-corrected chi connectivity index (χ3v) is 5.76. The fourth-order valence-corrected chi connectivity index (χ4v) is 4.13. The molecule has 0 atom stereocenters. The normalized spacial score (nSPS) is 11.0. The van der Waals surface area contributed by atoms with Crippen LogP contribution in [0.1, 0.15) is 21.7 Å². The minimum absolute atomic E-state index is 0.0156. The van der Waals surface area contributed by atoms with Gasteiger partial charge in [-0.15, -0.1) is 11.3 Å². The second kappa shape index (κ2) is 8.67. The van der Waals surface area contributed by atoms with E-state index in [2.05, 4.69) is 20.6 Å². The van der Waals surface area contributed by atoms with Crippen LogP contribution >= 0.6 is 11.3 Å². The summed E-state index contributed by atoms with van der Waals surface area (Å²) in [5.41, 5.74) is 19.1. The van der Waals surface area contributed by atoms with Gasteiger partial charge in [0.25, 0.3) is 12.3 Å². The number of nitrogens with two attached hydrogens (primary N) is 3. The van der Waals surface area contributed by atoms with Crippen LogP contribution in [0.5, 0.6) is 0 Å². The van der Waals surface area contributed by atoms with Crippen molar-refractivity contribution in [3.8, 4) is 11.3 Å². The van der Waals surface area contributed by atoms with E-state index in [1.165, 1.54) is 24.3 Å². The predicted octanol–water partition coefficient (Wildman–Crippen LogP) is 4.20. The number of anilines is 4. The Kier molecular flexibility index (Phi) is 5.75. The van der Waals surface area contributed by atoms with Crippen LogP contribution < -0.4 is 27.8 Å². The van der Waals surface area contributed by atoms with E-state index in [0.717, 1.165) is 11.3 Å². The van der Waals surface area contributed by atoms with Gasteiger partial charge < -0.3 is 27.8 Å². The molecule has 2 heterocycles. The van der Waals surface area contributed by atoms with E-state index in [1.807, 2.05) is 0 Å². The molecule has 0 bridgehead atoms. The van der Waals surface area contributed by atoms with Crippen LogP contribution in [0.25, 0.3) is 21.5 Å². The first-order valence-electron chi connectivity index (χ1n) is 9.44. The van der Waals surface area contributed by atoms with Gasteiger partial charge in [-0.2, -0.15) is 0 Å². The molecule has 33 heavy (non-hydrogen) atoms. The maximum Gasteiger partial charge on any atom is 0.323 e. The minimum Gasteiger partial charge on any atom is -0.397 e. The number of urea groups is 1. The molecule has 168 valence electrons. The van der Waals surface area contributed by atoms with E-state index in [1.54, 1.807) is 24.3 Å². The van der Waals surface area contributed by atoms with Crippen molar-refractivity contribution in [2.75, 3.05) is 22.1 Å². The summed E-state index contributed by atoms with van der Waals surface area (Å²) in [6.07, 6.45) is -2.59. The zero-order valence-corrected chi connectivity index (χ0v) is 17.6. The summed E-state index contributed by atoms with van der Waals surface area (Å²) in [6.45, 7) is 0. The van der Waals surface area contributed by atoms with Crippen molar-refractivity contribution in [3.63, 3.8) is 0 Å². The number of fused-ring (bicyclic) bond motifs is 1. The predicted molar refractivity (Wildman–Crippen MR) is 124 cm³/mol. The highest BCUT2D eigenvalue weighted by Gasteiger charge is 2.20. The van der Waals surface area contributed by atoms with Crippen molar-refractivity contribution in [1.29, 1.82) is 0 Å². The van der Waals surface area contributed by atoms with Gasteiger partial charge in [0.2, 0.25) is 5.95 Å². The number of alkyl halides is 2. The summed E-state index contributed by atoms with van der Waals surface area (Å²) >= 11 is 1.02. The molecule has 9 nitrogen and oxygen atoms in total. The Morgan fingerprint density at radius 1 is 0.970 bits per heavy atom. The molecule has 0 spiro atoms. The summed E-state index contributed by atoms with van der Waals surface area (Å²) in [7, 11) is 0. The molecule has 0 fully saturated rings. The Morgan fingerprint density at radius 2 is 1.67 bits per heavy atom. The molecule has 12 heteroatoms. The lowest BCUT2D eigenvalue weighted by Crippen LogP contribution is -2.19. The zero-order chi connectivity index (χ0) is 23.7. The van der Waals surface area contributed by atoms with E-state index in [0.29, 0.717) is 32.8 Å². The summed E-state index contributed by atoms with van der Waals surface area (Å²) in [6, 6.07) is 11.4. The lowest BCUT2D eigenvalue weighted by Gasteiger charge is -2.10. The molecule has 8 N–H and O–H groups in total. The average molecular weight is 469 g/mol. The van der Waals surface area contributed by atoms with Crippen LogP contribution in [0.15, 0.2) is 48.5 Å². The van der Waals surface area contributed by atoms with E-state index < -0.39 is 18.4 Å². The number of primary amides is 1. The topological polar surface area (TPSA) is 162 Å². The van der Waals surface area contributed by atoms with Crippen molar-refractivity contribution in [3.05, 3.63) is 59.0 Å². The van der Waals surface area contributed by atoms with Gasteiger partial charge >= 0.3 is 6.03 Å². The largest absolute Gasteiger partial charge is 0.397 e. The molecule has 0 unspecified atom stereocenters. The average Bonchev–Trinajstić information content (AvgIpc) is 3.10. The Labute approximate surface area is 189 Å². The summed E-state index contributed by atoms with van der Waals surface area (Å²) in [4.78, 5) is 33.0. The molecular formula is C21H17F2N7O2S. The van der Waals surface area contributed by atoms with Crippen LogP contribution in [0.2, 0.25) is 0 Å². The summed E-state index contributed by atoms with van der Waals surface area (Å²) < 4.78 is 25.3. The Morgan fingerprint density at radius 3 is 2.33 bits per heavy atom. The molecule has 0 saturated heterocycles. The maximum absolute atomic E-state index is 12.7. The standard InChI is InChI=1S/C21H17F2N7O2S/c22-17(23)9-4-6-11(7-5-9)27-21(32)28-12-3-1-2-10(8-12)15-13-14(24)16(18(25)31)33-19(13)30-20(26)29-15/h1-8,17H,24H2,(H2,25,31)(H2,26,29,30)(H2,27,28,32). The third-order valence-electron chi connectivity index (χ3n) is 4.64. The first kappa shape index (κ1) is 21.9. The molecule has 0 aliphatic rings. The first-order valence-corrected chi connectivity index (χ1v) is 10.3. The highest BCUT2D eigenvalue weighted by molar-refractivity contribution is 7.21. The molecule has 2 aromatic heterocycles. The Hall–Kier alpha value is -4.32. The molecule has 0 aliphatic carbocycles. The van der Waals surface area contributed by atoms with Crippen LogP contribution in [-0.2, 0) is 0 Å². The van der Waals surface area contributed by atoms with Gasteiger partial charge in [0.05, 0.1) is 16.8 Å². The number of benzene rings is 2. The van der Waals surface area contributed by atoms with E-state index >= 15 is 0 Å². The number of nitrogens with zero attached hydrogens (tertiary/aromatic N) is 2. The number of rotatable bonds is 5. The van der Waals surface area contributed by atoms with Gasteiger partial charge in [-0.05, 0) is 24.3 Å². The molecule has 2 aromatic carbocycles. The molecule has 3 amide bonds. The van der Waals surface area contributed by atoms with Gasteiger partial charge in [-0.25, -0.2) is 23.5 Å². The number of aromatic nitrogens is 2. The van der Waals surface area contributed by atoms with Crippen LogP contribution in [-0.4, -0.2) is 21.9 Å². The molecule has 4 rings (SSSR count). The minimum atomic E-state index is -2.59. The number of hydrogen-bond acceptors (Lipinski definition) is 7. The molecule has 0 aliphatic heterocycles. The number of hydrogen-bond donors (Lipinski definition) is 5. The third kappa shape index (κ3) is 4.50. The second-order valence-electron chi connectivity index (χ2n) is 6.90. The number of nitrogens with one attached hydrogen (secondary N) is 2. The number of amides is 3. The van der Waals surface area contributed by atoms with Crippen LogP contribution in [0, 0.1) is 0 Å². The number of nitrogen functional groups attached to an aromatic ring is 2. The fraction of sp³-hybridized carbons (Fsp3) is 0.0476. The van der Waals surface area contributed by atoms with Crippen molar-refractivity contribution in [2.24, 2.45) is 5.73 Å². The van der Waals surface area contributed by atoms with E-state index in [4.69, 9.17) is 17.2 Å². The molecule has 0 radical (unpaired) electrons. The van der Waals surface area contributed by atoms with Gasteiger partial charge in [0.1, 0.15) is 9.71 Å². The van der Waals surface area contributed by atoms with Crippen molar-refractivity contribution in [2.45, 2.75) is 6.43 Å². The van der Waals surface area contributed by atoms with Gasteiger partial charge in [-0.3, -0.25) is 4.79 Å². The van der Waals surface area contributed by atoms with E-state index in [9.17, 15) is 18.4 Å². The highest BCUT2D eigenvalue weighted by Crippen LogP contribution is 2.39. The van der Waals surface area contributed by atoms with Crippen molar-refractivity contribution in [1.82, 2.24) is 9.97 Å². The fourth-order valence-electron chi connectivity index (χ4n) is 3.18. The molecule has 4 aromatic rings. The van der Waals surface area contributed by atoms with E-state index in [-0.39, 0.29) is 22.1 Å². The van der Waals surface area contributed by atoms with Crippen LogP contribution in [0.4, 0.5) is 36.6 Å². The van der Waals surface area contributed by atoms with Gasteiger partial charge in [0, 0.05) is 22.5 Å². The zero-order valence-electron chi connectivity index (χ0n) is 16.8. The monoisotopic (exact) mass is 469 g/mol. The SMILES string of the molecule is NC(=O)c1sc2nc(N)nc(-c3cccc(NC(=O)Nc4ccc(C(F)F)cc4)c3)c2c1N. The quantitative estimate of drug-likeness (QED) is 0.294. The highest BCUT2D eigenvalue weighted by atomic mass is 32.1. The number of carbonyl (C=O) groups excluding carboxylic acids is 2. The van der Waals surface area contributed by atoms with Crippen molar-refractivity contribution >= 4 is 56.5 Å².